The van der Waals surface area contributed by atoms with E-state index in [0.717, 1.165) is 29.8 Å². The summed E-state index contributed by atoms with van der Waals surface area (Å²) in [7, 11) is 0. The Morgan fingerprint density at radius 1 is 1.14 bits per heavy atom. The number of carbonyl (C=O) groups excluding carboxylic acids is 1. The number of rotatable bonds is 7. The molecule has 28 heavy (non-hydrogen) atoms. The Morgan fingerprint density at radius 3 is 2.54 bits per heavy atom. The predicted molar refractivity (Wildman–Crippen MR) is 111 cm³/mol. The fourth-order valence-electron chi connectivity index (χ4n) is 3.77. The Hall–Kier alpha value is -2.40. The van der Waals surface area contributed by atoms with Gasteiger partial charge in [0.15, 0.2) is 0 Å². The molecule has 1 fully saturated rings. The lowest BCUT2D eigenvalue weighted by atomic mass is 9.98. The molecule has 1 saturated carbocycles. The van der Waals surface area contributed by atoms with Gasteiger partial charge in [-0.2, -0.15) is 0 Å². The summed E-state index contributed by atoms with van der Waals surface area (Å²) in [5.41, 5.74) is 3.91. The lowest BCUT2D eigenvalue weighted by molar-refractivity contribution is 0.0303. The molecule has 1 amide bonds. The van der Waals surface area contributed by atoms with Gasteiger partial charge in [-0.3, -0.25) is 9.59 Å². The summed E-state index contributed by atoms with van der Waals surface area (Å²) in [6.07, 6.45) is 7.54. The molecule has 0 spiro atoms. The Morgan fingerprint density at radius 2 is 1.86 bits per heavy atom. The number of hydrogen-bond acceptors (Lipinski definition) is 3. The quantitative estimate of drug-likeness (QED) is 0.765. The van der Waals surface area contributed by atoms with Crippen LogP contribution < -0.4 is 10.9 Å². The normalized spacial score (nSPS) is 14.8. The van der Waals surface area contributed by atoms with E-state index >= 15 is 0 Å². The number of amides is 1. The maximum Gasteiger partial charge on any atom is 0.253 e. The van der Waals surface area contributed by atoms with Crippen molar-refractivity contribution >= 4 is 5.91 Å². The van der Waals surface area contributed by atoms with Crippen LogP contribution in [0.5, 0.6) is 0 Å². The summed E-state index contributed by atoms with van der Waals surface area (Å²) in [4.78, 5) is 27.2. The van der Waals surface area contributed by atoms with Gasteiger partial charge in [0.1, 0.15) is 0 Å². The Bertz CT molecular complexity index is 849. The highest BCUT2D eigenvalue weighted by Crippen LogP contribution is 2.20. The molecule has 1 aliphatic carbocycles. The summed E-state index contributed by atoms with van der Waals surface area (Å²) < 4.78 is 5.97. The molecule has 0 radical (unpaired) electrons. The van der Waals surface area contributed by atoms with Gasteiger partial charge in [-0.1, -0.05) is 31.4 Å². The molecule has 2 N–H and O–H groups in total. The predicted octanol–water partition coefficient (Wildman–Crippen LogP) is 3.81. The minimum absolute atomic E-state index is 0.147. The van der Waals surface area contributed by atoms with E-state index in [4.69, 9.17) is 4.74 Å². The third-order valence-electron chi connectivity index (χ3n) is 5.43. The van der Waals surface area contributed by atoms with Crippen molar-refractivity contribution in [3.63, 3.8) is 0 Å². The van der Waals surface area contributed by atoms with Gasteiger partial charge in [0, 0.05) is 23.4 Å². The van der Waals surface area contributed by atoms with E-state index in [1.165, 1.54) is 32.1 Å². The van der Waals surface area contributed by atoms with Crippen molar-refractivity contribution in [1.29, 1.82) is 0 Å². The zero-order valence-electron chi connectivity index (χ0n) is 16.8. The summed E-state index contributed by atoms with van der Waals surface area (Å²) in [5, 5.41) is 2.84. The molecule has 0 bridgehead atoms. The van der Waals surface area contributed by atoms with Crippen LogP contribution in [0.15, 0.2) is 35.1 Å². The first-order valence-electron chi connectivity index (χ1n) is 10.2. The molecule has 1 aromatic carbocycles. The molecule has 3 rings (SSSR count). The van der Waals surface area contributed by atoms with Gasteiger partial charge in [-0.05, 0) is 62.4 Å². The molecule has 1 aliphatic rings. The Labute approximate surface area is 166 Å². The third-order valence-corrected chi connectivity index (χ3v) is 5.43. The standard InChI is InChI=1S/C23H30N2O3/c1-16-14-17(2)25-23(27)21(16)15-24-22(26)19-10-8-18(9-11-19)12-13-28-20-6-4-3-5-7-20/h8-11,14,20H,3-7,12-13,15H2,1-2H3,(H,24,26)(H,25,27). The van der Waals surface area contributed by atoms with E-state index in [-0.39, 0.29) is 18.0 Å². The molecular formula is C23H30N2O3. The maximum absolute atomic E-state index is 12.4. The maximum atomic E-state index is 12.4. The highest BCUT2D eigenvalue weighted by Gasteiger charge is 2.13. The number of hydrogen-bond donors (Lipinski definition) is 2. The number of benzene rings is 1. The number of carbonyl (C=O) groups is 1. The number of aromatic nitrogens is 1. The number of aromatic amines is 1. The van der Waals surface area contributed by atoms with Crippen LogP contribution in [0.25, 0.3) is 0 Å². The molecule has 150 valence electrons. The molecule has 1 heterocycles. The lowest BCUT2D eigenvalue weighted by Crippen LogP contribution is -2.27. The first-order chi connectivity index (χ1) is 13.5. The van der Waals surface area contributed by atoms with Crippen molar-refractivity contribution in [3.8, 4) is 0 Å². The average molecular weight is 383 g/mol. The molecule has 0 aliphatic heterocycles. The molecule has 0 atom stereocenters. The molecule has 5 nitrogen and oxygen atoms in total. The van der Waals surface area contributed by atoms with E-state index in [1.807, 2.05) is 44.2 Å². The molecule has 1 aromatic heterocycles. The zero-order chi connectivity index (χ0) is 19.9. The first-order valence-corrected chi connectivity index (χ1v) is 10.2. The SMILES string of the molecule is Cc1cc(C)c(CNC(=O)c2ccc(CCOC3CCCCC3)cc2)c(=O)[nH]1. The lowest BCUT2D eigenvalue weighted by Gasteiger charge is -2.21. The second-order valence-corrected chi connectivity index (χ2v) is 7.70. The number of nitrogens with one attached hydrogen (secondary N) is 2. The molecule has 5 heteroatoms. The van der Waals surface area contributed by atoms with Crippen molar-refractivity contribution in [1.82, 2.24) is 10.3 Å². The van der Waals surface area contributed by atoms with Crippen molar-refractivity contribution in [2.75, 3.05) is 6.61 Å². The van der Waals surface area contributed by atoms with E-state index in [1.54, 1.807) is 0 Å². The van der Waals surface area contributed by atoms with Crippen LogP contribution in [0.4, 0.5) is 0 Å². The zero-order valence-corrected chi connectivity index (χ0v) is 16.8. The second kappa shape index (κ2) is 9.69. The van der Waals surface area contributed by atoms with Gasteiger partial charge in [-0.15, -0.1) is 0 Å². The minimum atomic E-state index is -0.176. The summed E-state index contributed by atoms with van der Waals surface area (Å²) in [6.45, 7) is 4.68. The van der Waals surface area contributed by atoms with E-state index < -0.39 is 0 Å². The largest absolute Gasteiger partial charge is 0.378 e. The van der Waals surface area contributed by atoms with Gasteiger partial charge in [0.2, 0.25) is 0 Å². The van der Waals surface area contributed by atoms with Gasteiger partial charge in [0.05, 0.1) is 12.7 Å². The van der Waals surface area contributed by atoms with E-state index in [2.05, 4.69) is 10.3 Å². The highest BCUT2D eigenvalue weighted by molar-refractivity contribution is 5.94. The molecular weight excluding hydrogens is 352 g/mol. The van der Waals surface area contributed by atoms with E-state index in [9.17, 15) is 9.59 Å². The first kappa shape index (κ1) is 20.3. The van der Waals surface area contributed by atoms with Gasteiger partial charge in [0.25, 0.3) is 11.5 Å². The summed E-state index contributed by atoms with van der Waals surface area (Å²) in [6, 6.07) is 9.52. The summed E-state index contributed by atoms with van der Waals surface area (Å²) >= 11 is 0. The van der Waals surface area contributed by atoms with Crippen molar-refractivity contribution in [2.45, 2.75) is 65.0 Å². The van der Waals surface area contributed by atoms with E-state index in [0.29, 0.717) is 17.2 Å². The van der Waals surface area contributed by atoms with Crippen LogP contribution in [-0.2, 0) is 17.7 Å². The number of pyridine rings is 1. The van der Waals surface area contributed by atoms with Crippen molar-refractivity contribution < 1.29 is 9.53 Å². The topological polar surface area (TPSA) is 71.2 Å². The van der Waals surface area contributed by atoms with Crippen LogP contribution >= 0.6 is 0 Å². The van der Waals surface area contributed by atoms with Gasteiger partial charge >= 0.3 is 0 Å². The van der Waals surface area contributed by atoms with Gasteiger partial charge < -0.3 is 15.0 Å². The van der Waals surface area contributed by atoms with Crippen LogP contribution in [0.2, 0.25) is 0 Å². The monoisotopic (exact) mass is 382 g/mol. The average Bonchev–Trinajstić information content (AvgIpc) is 2.68. The molecule has 0 saturated heterocycles. The molecule has 2 aromatic rings. The summed E-state index contributed by atoms with van der Waals surface area (Å²) in [5.74, 6) is -0.176. The highest BCUT2D eigenvalue weighted by atomic mass is 16.5. The third kappa shape index (κ3) is 5.55. The van der Waals surface area contributed by atoms with Crippen LogP contribution in [0, 0.1) is 13.8 Å². The van der Waals surface area contributed by atoms with Crippen molar-refractivity contribution in [2.24, 2.45) is 0 Å². The number of ether oxygens (including phenoxy) is 1. The number of H-pyrrole nitrogens is 1. The number of aryl methyl sites for hydroxylation is 2. The fraction of sp³-hybridized carbons (Fsp3) is 0.478. The smallest absolute Gasteiger partial charge is 0.253 e. The van der Waals surface area contributed by atoms with Crippen LogP contribution in [-0.4, -0.2) is 23.6 Å². The Kier molecular flexibility index (Phi) is 7.04. The van der Waals surface area contributed by atoms with Crippen LogP contribution in [0.1, 0.15) is 64.8 Å². The fourth-order valence-corrected chi connectivity index (χ4v) is 3.77. The Balaban J connectivity index is 1.49. The van der Waals surface area contributed by atoms with Crippen LogP contribution in [0.3, 0.4) is 0 Å². The van der Waals surface area contributed by atoms with Crippen molar-refractivity contribution in [3.05, 3.63) is 68.6 Å². The second-order valence-electron chi connectivity index (χ2n) is 7.70. The minimum Gasteiger partial charge on any atom is -0.378 e. The molecule has 0 unspecified atom stereocenters. The van der Waals surface area contributed by atoms with Gasteiger partial charge in [-0.25, -0.2) is 0 Å².